The molecule has 2 rings (SSSR count). The smallest absolute Gasteiger partial charge is 0.338 e. The number of aryl methyl sites for hydroxylation is 2. The van der Waals surface area contributed by atoms with Gasteiger partial charge in [0.15, 0.2) is 5.11 Å². The van der Waals surface area contributed by atoms with E-state index in [0.29, 0.717) is 17.3 Å². The number of nitrogens with one attached hydrogen (secondary N) is 2. The molecule has 1 unspecified atom stereocenters. The van der Waals surface area contributed by atoms with E-state index < -0.39 is 0 Å². The molecule has 0 heterocycles. The fourth-order valence-electron chi connectivity index (χ4n) is 2.66. The molecule has 132 valence electrons. The summed E-state index contributed by atoms with van der Waals surface area (Å²) in [6.07, 6.45) is 0. The molecule has 1 atom stereocenters. The maximum atomic E-state index is 11.7. The SMILES string of the molecule is CCOC(=O)c1ccc(NC(=S)NC(C)c2ccc(C)cc2C)cc1. The van der Waals surface area contributed by atoms with E-state index in [-0.39, 0.29) is 12.0 Å². The number of hydrogen-bond acceptors (Lipinski definition) is 3. The number of ether oxygens (including phenoxy) is 1. The number of carbonyl (C=O) groups excluding carboxylic acids is 1. The van der Waals surface area contributed by atoms with Gasteiger partial charge in [-0.15, -0.1) is 0 Å². The molecule has 0 aromatic heterocycles. The Hall–Kier alpha value is -2.40. The summed E-state index contributed by atoms with van der Waals surface area (Å²) in [5.41, 5.74) is 5.04. The third-order valence-electron chi connectivity index (χ3n) is 3.89. The van der Waals surface area contributed by atoms with Crippen molar-refractivity contribution >= 4 is 29.0 Å². The number of benzene rings is 2. The first kappa shape index (κ1) is 18.9. The third kappa shape index (κ3) is 5.29. The van der Waals surface area contributed by atoms with Crippen LogP contribution in [0.5, 0.6) is 0 Å². The second-order valence-electron chi connectivity index (χ2n) is 5.98. The summed E-state index contributed by atoms with van der Waals surface area (Å²) >= 11 is 5.39. The molecule has 0 aliphatic carbocycles. The molecule has 0 radical (unpaired) electrons. The minimum absolute atomic E-state index is 0.0967. The predicted molar refractivity (Wildman–Crippen MR) is 106 cm³/mol. The molecule has 0 saturated heterocycles. The summed E-state index contributed by atoms with van der Waals surface area (Å²) in [4.78, 5) is 11.7. The van der Waals surface area contributed by atoms with Crippen molar-refractivity contribution in [1.82, 2.24) is 5.32 Å². The van der Waals surface area contributed by atoms with Crippen LogP contribution in [0.25, 0.3) is 0 Å². The zero-order valence-electron chi connectivity index (χ0n) is 15.1. The first-order chi connectivity index (χ1) is 11.9. The molecule has 0 bridgehead atoms. The number of rotatable bonds is 5. The molecule has 0 aliphatic rings. The average molecular weight is 356 g/mol. The van der Waals surface area contributed by atoms with Crippen LogP contribution in [0.1, 0.15) is 46.9 Å². The lowest BCUT2D eigenvalue weighted by atomic mass is 10.0. The average Bonchev–Trinajstić information content (AvgIpc) is 2.55. The van der Waals surface area contributed by atoms with E-state index >= 15 is 0 Å². The quantitative estimate of drug-likeness (QED) is 0.609. The fraction of sp³-hybridized carbons (Fsp3) is 0.300. The molecule has 2 aromatic rings. The van der Waals surface area contributed by atoms with E-state index in [2.05, 4.69) is 49.6 Å². The summed E-state index contributed by atoms with van der Waals surface area (Å²) in [5.74, 6) is -0.321. The van der Waals surface area contributed by atoms with Gasteiger partial charge in [-0.25, -0.2) is 4.79 Å². The van der Waals surface area contributed by atoms with Crippen LogP contribution in [-0.4, -0.2) is 17.7 Å². The predicted octanol–water partition coefficient (Wildman–Crippen LogP) is 4.53. The number of esters is 1. The van der Waals surface area contributed by atoms with Crippen LogP contribution in [0.4, 0.5) is 5.69 Å². The second-order valence-corrected chi connectivity index (χ2v) is 6.39. The first-order valence-corrected chi connectivity index (χ1v) is 8.73. The molecule has 5 heteroatoms. The van der Waals surface area contributed by atoms with Gasteiger partial charge in [0.25, 0.3) is 0 Å². The van der Waals surface area contributed by atoms with Crippen LogP contribution in [0.3, 0.4) is 0 Å². The van der Waals surface area contributed by atoms with E-state index in [0.717, 1.165) is 5.69 Å². The molecule has 0 fully saturated rings. The second kappa shape index (κ2) is 8.62. The summed E-state index contributed by atoms with van der Waals surface area (Å²) in [7, 11) is 0. The van der Waals surface area contributed by atoms with Gasteiger partial charge >= 0.3 is 5.97 Å². The Morgan fingerprint density at radius 3 is 2.44 bits per heavy atom. The lowest BCUT2D eigenvalue weighted by molar-refractivity contribution is 0.0526. The maximum absolute atomic E-state index is 11.7. The fourth-order valence-corrected chi connectivity index (χ4v) is 2.95. The maximum Gasteiger partial charge on any atom is 0.338 e. The topological polar surface area (TPSA) is 50.4 Å². The van der Waals surface area contributed by atoms with E-state index in [1.807, 2.05) is 12.1 Å². The van der Waals surface area contributed by atoms with Crippen molar-refractivity contribution in [3.8, 4) is 0 Å². The Balaban J connectivity index is 1.96. The molecular weight excluding hydrogens is 332 g/mol. The highest BCUT2D eigenvalue weighted by atomic mass is 32.1. The van der Waals surface area contributed by atoms with Crippen LogP contribution < -0.4 is 10.6 Å². The van der Waals surface area contributed by atoms with Crippen LogP contribution >= 0.6 is 12.2 Å². The summed E-state index contributed by atoms with van der Waals surface area (Å²) in [6, 6.07) is 13.5. The minimum atomic E-state index is -0.321. The van der Waals surface area contributed by atoms with Gasteiger partial charge in [-0.1, -0.05) is 23.8 Å². The standard InChI is InChI=1S/C20H24N2O2S/c1-5-24-19(23)16-7-9-17(10-8-16)22-20(25)21-15(4)18-11-6-13(2)12-14(18)3/h6-12,15H,5H2,1-4H3,(H2,21,22,25). The van der Waals surface area contributed by atoms with Crippen molar-refractivity contribution in [3.63, 3.8) is 0 Å². The number of carbonyl (C=O) groups is 1. The lowest BCUT2D eigenvalue weighted by Crippen LogP contribution is -2.31. The van der Waals surface area contributed by atoms with Crippen molar-refractivity contribution in [2.75, 3.05) is 11.9 Å². The highest BCUT2D eigenvalue weighted by Gasteiger charge is 2.10. The molecule has 25 heavy (non-hydrogen) atoms. The van der Waals surface area contributed by atoms with Gasteiger partial charge in [0.1, 0.15) is 0 Å². The van der Waals surface area contributed by atoms with Gasteiger partial charge in [-0.05, 0) is 75.3 Å². The number of hydrogen-bond donors (Lipinski definition) is 2. The summed E-state index contributed by atoms with van der Waals surface area (Å²) < 4.78 is 4.97. The monoisotopic (exact) mass is 356 g/mol. The van der Waals surface area contributed by atoms with Crippen molar-refractivity contribution < 1.29 is 9.53 Å². The van der Waals surface area contributed by atoms with Gasteiger partial charge in [0.2, 0.25) is 0 Å². The van der Waals surface area contributed by atoms with E-state index in [1.165, 1.54) is 16.7 Å². The van der Waals surface area contributed by atoms with Crippen molar-refractivity contribution in [2.24, 2.45) is 0 Å². The minimum Gasteiger partial charge on any atom is -0.462 e. The normalized spacial score (nSPS) is 11.5. The Morgan fingerprint density at radius 2 is 1.84 bits per heavy atom. The molecule has 2 aromatic carbocycles. The Kier molecular flexibility index (Phi) is 6.53. The molecule has 2 N–H and O–H groups in total. The lowest BCUT2D eigenvalue weighted by Gasteiger charge is -2.19. The Morgan fingerprint density at radius 1 is 1.16 bits per heavy atom. The number of anilines is 1. The largest absolute Gasteiger partial charge is 0.462 e. The van der Waals surface area contributed by atoms with Crippen molar-refractivity contribution in [3.05, 3.63) is 64.7 Å². The highest BCUT2D eigenvalue weighted by Crippen LogP contribution is 2.19. The molecule has 0 saturated carbocycles. The molecule has 0 aliphatic heterocycles. The molecule has 0 amide bonds. The third-order valence-corrected chi connectivity index (χ3v) is 4.11. The zero-order chi connectivity index (χ0) is 18.4. The Bertz CT molecular complexity index is 757. The zero-order valence-corrected chi connectivity index (χ0v) is 15.9. The van der Waals surface area contributed by atoms with E-state index in [9.17, 15) is 4.79 Å². The first-order valence-electron chi connectivity index (χ1n) is 8.32. The molecule has 4 nitrogen and oxygen atoms in total. The van der Waals surface area contributed by atoms with Crippen molar-refractivity contribution in [2.45, 2.75) is 33.7 Å². The van der Waals surface area contributed by atoms with E-state index in [1.54, 1.807) is 19.1 Å². The van der Waals surface area contributed by atoms with Crippen LogP contribution in [0.15, 0.2) is 42.5 Å². The van der Waals surface area contributed by atoms with Crippen LogP contribution in [0, 0.1) is 13.8 Å². The molecular formula is C20H24N2O2S. The Labute approximate surface area is 154 Å². The van der Waals surface area contributed by atoms with Gasteiger partial charge in [-0.3, -0.25) is 0 Å². The van der Waals surface area contributed by atoms with Crippen molar-refractivity contribution in [1.29, 1.82) is 0 Å². The van der Waals surface area contributed by atoms with Gasteiger partial charge in [-0.2, -0.15) is 0 Å². The summed E-state index contributed by atoms with van der Waals surface area (Å²) in [6.45, 7) is 8.42. The van der Waals surface area contributed by atoms with Gasteiger partial charge < -0.3 is 15.4 Å². The molecule has 0 spiro atoms. The van der Waals surface area contributed by atoms with E-state index in [4.69, 9.17) is 17.0 Å². The van der Waals surface area contributed by atoms with Gasteiger partial charge in [0.05, 0.1) is 18.2 Å². The number of thiocarbonyl (C=S) groups is 1. The van der Waals surface area contributed by atoms with Gasteiger partial charge in [0, 0.05) is 5.69 Å². The van der Waals surface area contributed by atoms with Crippen LogP contribution in [-0.2, 0) is 4.74 Å². The summed E-state index contributed by atoms with van der Waals surface area (Å²) in [5, 5.41) is 6.97. The highest BCUT2D eigenvalue weighted by molar-refractivity contribution is 7.80. The van der Waals surface area contributed by atoms with Crippen LogP contribution in [0.2, 0.25) is 0 Å².